The van der Waals surface area contributed by atoms with Crippen LogP contribution in [0.4, 0.5) is 9.59 Å². The number of sulfonamides is 1. The summed E-state index contributed by atoms with van der Waals surface area (Å²) in [5, 5.41) is 4.82. The Morgan fingerprint density at radius 2 is 1.56 bits per heavy atom. The minimum atomic E-state index is -4.19. The molecule has 0 saturated carbocycles. The SMILES string of the molecule is COc1cc(C)c(S(=O)(=O)NC(=NCCCC(C=O)NC(=O)OC(C)(C)C)NC(=O)OC(C)(C)C)c(C)c1C. The molecule has 220 valence electrons. The van der Waals surface area contributed by atoms with E-state index in [1.54, 1.807) is 68.4 Å². The summed E-state index contributed by atoms with van der Waals surface area (Å²) >= 11 is 0. The minimum absolute atomic E-state index is 0.0214. The van der Waals surface area contributed by atoms with Crippen molar-refractivity contribution < 1.29 is 37.0 Å². The third kappa shape index (κ3) is 11.5. The number of alkyl carbamates (subject to hydrolysis) is 2. The van der Waals surface area contributed by atoms with Crippen molar-refractivity contribution in [3.8, 4) is 5.75 Å². The van der Waals surface area contributed by atoms with Crippen LogP contribution in [0.25, 0.3) is 0 Å². The number of hydrogen-bond donors (Lipinski definition) is 3. The lowest BCUT2D eigenvalue weighted by molar-refractivity contribution is -0.109. The summed E-state index contributed by atoms with van der Waals surface area (Å²) in [7, 11) is -2.68. The third-order valence-electron chi connectivity index (χ3n) is 5.13. The maximum Gasteiger partial charge on any atom is 0.414 e. The number of carbonyl (C=O) groups is 3. The van der Waals surface area contributed by atoms with Gasteiger partial charge in [-0.2, -0.15) is 0 Å². The van der Waals surface area contributed by atoms with Gasteiger partial charge in [-0.05, 0) is 97.9 Å². The topological polar surface area (TPSA) is 161 Å². The Kier molecular flexibility index (Phi) is 11.8. The van der Waals surface area contributed by atoms with Gasteiger partial charge in [0.15, 0.2) is 0 Å². The van der Waals surface area contributed by atoms with E-state index in [-0.39, 0.29) is 30.2 Å². The Morgan fingerprint density at radius 1 is 1.00 bits per heavy atom. The average molecular weight is 571 g/mol. The lowest BCUT2D eigenvalue weighted by atomic mass is 10.1. The largest absolute Gasteiger partial charge is 0.496 e. The molecule has 13 heteroatoms. The van der Waals surface area contributed by atoms with E-state index in [1.807, 2.05) is 0 Å². The van der Waals surface area contributed by atoms with E-state index >= 15 is 0 Å². The molecule has 0 aliphatic heterocycles. The molecule has 0 heterocycles. The van der Waals surface area contributed by atoms with E-state index in [9.17, 15) is 22.8 Å². The number of methoxy groups -OCH3 is 1. The zero-order valence-electron chi connectivity index (χ0n) is 24.5. The van der Waals surface area contributed by atoms with Crippen LogP contribution in [0.3, 0.4) is 0 Å². The molecular weight excluding hydrogens is 528 g/mol. The zero-order chi connectivity index (χ0) is 30.2. The van der Waals surface area contributed by atoms with Crippen molar-refractivity contribution in [2.45, 2.75) is 97.3 Å². The van der Waals surface area contributed by atoms with Crippen molar-refractivity contribution in [3.05, 3.63) is 22.8 Å². The number of aliphatic imine (C=N–C) groups is 1. The number of guanidine groups is 1. The van der Waals surface area contributed by atoms with Crippen molar-refractivity contribution in [2.24, 2.45) is 4.99 Å². The van der Waals surface area contributed by atoms with Crippen LogP contribution in [0.15, 0.2) is 16.0 Å². The second kappa shape index (κ2) is 13.6. The summed E-state index contributed by atoms with van der Waals surface area (Å²) in [5.41, 5.74) is 0.0257. The van der Waals surface area contributed by atoms with Gasteiger partial charge < -0.3 is 24.3 Å². The summed E-state index contributed by atoms with van der Waals surface area (Å²) < 4.78 is 44.8. The van der Waals surface area contributed by atoms with Gasteiger partial charge in [-0.1, -0.05) is 0 Å². The molecular formula is C26H42N4O8S. The second-order valence-electron chi connectivity index (χ2n) is 11.0. The van der Waals surface area contributed by atoms with Crippen LogP contribution in [0.5, 0.6) is 5.75 Å². The Hall–Kier alpha value is -3.35. The molecule has 0 bridgehead atoms. The number of amides is 2. The zero-order valence-corrected chi connectivity index (χ0v) is 25.3. The molecule has 1 unspecified atom stereocenters. The number of ether oxygens (including phenoxy) is 3. The van der Waals surface area contributed by atoms with Crippen LogP contribution in [0.1, 0.15) is 71.1 Å². The molecule has 0 saturated heterocycles. The van der Waals surface area contributed by atoms with Crippen molar-refractivity contribution >= 4 is 34.5 Å². The highest BCUT2D eigenvalue weighted by Gasteiger charge is 2.26. The average Bonchev–Trinajstić information content (AvgIpc) is 2.75. The van der Waals surface area contributed by atoms with Gasteiger partial charge in [-0.3, -0.25) is 10.3 Å². The first-order valence-electron chi connectivity index (χ1n) is 12.5. The van der Waals surface area contributed by atoms with E-state index in [4.69, 9.17) is 14.2 Å². The van der Waals surface area contributed by atoms with Crippen molar-refractivity contribution in [3.63, 3.8) is 0 Å². The molecule has 1 aromatic carbocycles. The summed E-state index contributed by atoms with van der Waals surface area (Å²) in [4.78, 5) is 40.0. The smallest absolute Gasteiger partial charge is 0.414 e. The highest BCUT2D eigenvalue weighted by atomic mass is 32.2. The number of nitrogens with zero attached hydrogens (tertiary/aromatic N) is 1. The Balaban J connectivity index is 3.13. The first-order chi connectivity index (χ1) is 17.8. The minimum Gasteiger partial charge on any atom is -0.496 e. The molecule has 12 nitrogen and oxygen atoms in total. The maximum atomic E-state index is 13.4. The summed E-state index contributed by atoms with van der Waals surface area (Å²) in [5.74, 6) is 0.203. The summed E-state index contributed by atoms with van der Waals surface area (Å²) in [6, 6.07) is 0.785. The van der Waals surface area contributed by atoms with Crippen LogP contribution in [0, 0.1) is 20.8 Å². The van der Waals surface area contributed by atoms with Crippen LogP contribution < -0.4 is 20.1 Å². The van der Waals surface area contributed by atoms with Crippen LogP contribution in [-0.4, -0.2) is 63.7 Å². The van der Waals surface area contributed by atoms with Crippen LogP contribution in [-0.2, 0) is 24.3 Å². The van der Waals surface area contributed by atoms with Crippen molar-refractivity contribution in [2.75, 3.05) is 13.7 Å². The van der Waals surface area contributed by atoms with Crippen LogP contribution >= 0.6 is 0 Å². The van der Waals surface area contributed by atoms with Gasteiger partial charge in [-0.25, -0.2) is 22.7 Å². The Morgan fingerprint density at radius 3 is 2.08 bits per heavy atom. The molecule has 39 heavy (non-hydrogen) atoms. The van der Waals surface area contributed by atoms with E-state index in [1.165, 1.54) is 7.11 Å². The molecule has 1 aromatic rings. The van der Waals surface area contributed by atoms with Gasteiger partial charge in [-0.15, -0.1) is 0 Å². The number of hydrogen-bond acceptors (Lipinski definition) is 9. The predicted molar refractivity (Wildman–Crippen MR) is 148 cm³/mol. The van der Waals surface area contributed by atoms with E-state index in [2.05, 4.69) is 20.3 Å². The fourth-order valence-electron chi connectivity index (χ4n) is 3.46. The van der Waals surface area contributed by atoms with E-state index in [0.717, 1.165) is 0 Å². The van der Waals surface area contributed by atoms with Crippen molar-refractivity contribution in [1.29, 1.82) is 0 Å². The summed E-state index contributed by atoms with van der Waals surface area (Å²) in [6.07, 6.45) is -0.577. The van der Waals surface area contributed by atoms with Gasteiger partial charge in [0, 0.05) is 6.54 Å². The lowest BCUT2D eigenvalue weighted by Crippen LogP contribution is -2.46. The Bertz CT molecular complexity index is 1180. The molecule has 0 fully saturated rings. The standard InChI is InChI=1S/C26H42N4O8S/c1-16-14-20(36-10)17(2)18(3)21(16)39(34,35)30-22(29-24(33)38-26(7,8)9)27-13-11-12-19(15-31)28-23(32)37-25(4,5)6/h14-15,19H,11-13H2,1-10H3,(H,28,32)(H2,27,29,30,33). The number of carbonyl (C=O) groups excluding carboxylic acids is 3. The van der Waals surface area contributed by atoms with E-state index < -0.39 is 39.5 Å². The number of benzene rings is 1. The first kappa shape index (κ1) is 33.7. The van der Waals surface area contributed by atoms with Gasteiger partial charge >= 0.3 is 12.2 Å². The Labute approximate surface area is 231 Å². The molecule has 3 N–H and O–H groups in total. The van der Waals surface area contributed by atoms with Crippen molar-refractivity contribution in [1.82, 2.24) is 15.4 Å². The van der Waals surface area contributed by atoms with Gasteiger partial charge in [0.1, 0.15) is 23.2 Å². The highest BCUT2D eigenvalue weighted by Crippen LogP contribution is 2.30. The molecule has 0 aliphatic rings. The fourth-order valence-corrected chi connectivity index (χ4v) is 4.97. The number of aldehydes is 1. The first-order valence-corrected chi connectivity index (χ1v) is 13.9. The highest BCUT2D eigenvalue weighted by molar-refractivity contribution is 7.90. The molecule has 0 aromatic heterocycles. The van der Waals surface area contributed by atoms with Gasteiger partial charge in [0.05, 0.1) is 18.0 Å². The summed E-state index contributed by atoms with van der Waals surface area (Å²) in [6.45, 7) is 15.2. The molecule has 0 radical (unpaired) electrons. The third-order valence-corrected chi connectivity index (χ3v) is 6.75. The molecule has 0 spiro atoms. The van der Waals surface area contributed by atoms with Gasteiger partial charge in [0.25, 0.3) is 10.0 Å². The van der Waals surface area contributed by atoms with Crippen LogP contribution in [0.2, 0.25) is 0 Å². The lowest BCUT2D eigenvalue weighted by Gasteiger charge is -2.22. The number of aryl methyl sites for hydroxylation is 1. The maximum absolute atomic E-state index is 13.4. The second-order valence-corrected chi connectivity index (χ2v) is 12.6. The molecule has 1 rings (SSSR count). The van der Waals surface area contributed by atoms with Gasteiger partial charge in [0.2, 0.25) is 5.96 Å². The quantitative estimate of drug-likeness (QED) is 0.175. The fraction of sp³-hybridized carbons (Fsp3) is 0.615. The van der Waals surface area contributed by atoms with E-state index in [0.29, 0.717) is 28.7 Å². The molecule has 1 atom stereocenters. The molecule has 0 aliphatic carbocycles. The normalized spacial score (nSPS) is 13.2. The number of rotatable bonds is 9. The number of nitrogens with one attached hydrogen (secondary N) is 3. The monoisotopic (exact) mass is 570 g/mol. The molecule has 2 amide bonds. The predicted octanol–water partition coefficient (Wildman–Crippen LogP) is 3.65.